The molecule has 1 amide bonds. The van der Waals surface area contributed by atoms with Crippen LogP contribution in [-0.2, 0) is 17.6 Å². The second-order valence-corrected chi connectivity index (χ2v) is 10.5. The zero-order chi connectivity index (χ0) is 23.8. The molecule has 5 rings (SSSR count). The summed E-state index contributed by atoms with van der Waals surface area (Å²) in [5.41, 5.74) is 11.3. The van der Waals surface area contributed by atoms with Gasteiger partial charge in [0.05, 0.1) is 23.6 Å². The number of nitrogen functional groups attached to an aromatic ring is 1. The van der Waals surface area contributed by atoms with E-state index in [2.05, 4.69) is 5.32 Å². The van der Waals surface area contributed by atoms with Crippen LogP contribution in [0.5, 0.6) is 0 Å². The van der Waals surface area contributed by atoms with Gasteiger partial charge in [-0.1, -0.05) is 29.8 Å². The molecular weight excluding hydrogens is 466 g/mol. The van der Waals surface area contributed by atoms with Crippen LogP contribution in [0.2, 0.25) is 0 Å². The fourth-order valence-corrected chi connectivity index (χ4v) is 6.55. The van der Waals surface area contributed by atoms with Crippen LogP contribution in [0.4, 0.5) is 10.7 Å². The number of carbonyl (C=O) groups excluding carboxylic acids is 2. The first-order chi connectivity index (χ1) is 16.5. The molecule has 0 saturated carbocycles. The molecule has 34 heavy (non-hydrogen) atoms. The molecule has 0 radical (unpaired) electrons. The molecule has 174 valence electrons. The molecule has 0 aliphatic heterocycles. The van der Waals surface area contributed by atoms with Crippen molar-refractivity contribution in [3.63, 3.8) is 0 Å². The third-order valence-electron chi connectivity index (χ3n) is 6.03. The van der Waals surface area contributed by atoms with E-state index < -0.39 is 0 Å². The Hall–Kier alpha value is -3.23. The van der Waals surface area contributed by atoms with E-state index in [1.54, 1.807) is 6.92 Å². The Bertz CT molecular complexity index is 1400. The number of pyridine rings is 1. The topological polar surface area (TPSA) is 94.3 Å². The average Bonchev–Trinajstić information content (AvgIpc) is 3.36. The van der Waals surface area contributed by atoms with Gasteiger partial charge < -0.3 is 15.8 Å². The van der Waals surface area contributed by atoms with Crippen molar-refractivity contribution in [1.29, 1.82) is 0 Å². The number of esters is 1. The minimum absolute atomic E-state index is 0.287. The number of amides is 1. The Kier molecular flexibility index (Phi) is 6.10. The van der Waals surface area contributed by atoms with E-state index >= 15 is 0 Å². The molecule has 8 heteroatoms. The monoisotopic (exact) mass is 491 g/mol. The number of thiophene rings is 2. The van der Waals surface area contributed by atoms with Crippen molar-refractivity contribution in [1.82, 2.24) is 4.98 Å². The van der Waals surface area contributed by atoms with Crippen molar-refractivity contribution >= 4 is 55.5 Å². The first kappa shape index (κ1) is 22.6. The number of nitrogens with zero attached hydrogens (tertiary/aromatic N) is 1. The number of hydrogen-bond donors (Lipinski definition) is 2. The fourth-order valence-electron chi connectivity index (χ4n) is 4.28. The number of aromatic nitrogens is 1. The molecule has 0 fully saturated rings. The molecule has 1 aromatic carbocycles. The predicted octanol–water partition coefficient (Wildman–Crippen LogP) is 6.22. The predicted molar refractivity (Wildman–Crippen MR) is 139 cm³/mol. The third-order valence-corrected chi connectivity index (χ3v) is 8.35. The maximum Gasteiger partial charge on any atom is 0.341 e. The number of aryl methyl sites for hydroxylation is 2. The van der Waals surface area contributed by atoms with Crippen LogP contribution < -0.4 is 11.1 Å². The Morgan fingerprint density at radius 1 is 1.09 bits per heavy atom. The standard InChI is InChI=1S/C26H25N3O3S2/c1-3-32-26(31)20-16-6-4-5-7-19(16)33-25(20)29-23(30)22-21(27)17-12-13-18(28-24(17)34-22)15-10-8-14(2)9-11-15/h8-13H,3-7,27H2,1-2H3,(H,29,30). The first-order valence-electron chi connectivity index (χ1n) is 11.3. The molecule has 0 saturated heterocycles. The lowest BCUT2D eigenvalue weighted by Crippen LogP contribution is -2.15. The van der Waals surface area contributed by atoms with Gasteiger partial charge >= 0.3 is 5.97 Å². The van der Waals surface area contributed by atoms with Gasteiger partial charge in [-0.2, -0.15) is 0 Å². The first-order valence-corrected chi connectivity index (χ1v) is 13.0. The van der Waals surface area contributed by atoms with E-state index in [4.69, 9.17) is 15.5 Å². The van der Waals surface area contributed by atoms with Gasteiger partial charge in [-0.05, 0) is 57.2 Å². The molecule has 3 heterocycles. The number of hydrogen-bond acceptors (Lipinski definition) is 7. The molecule has 3 aromatic heterocycles. The van der Waals surface area contributed by atoms with Crippen molar-refractivity contribution in [3.8, 4) is 11.3 Å². The molecular formula is C26H25N3O3S2. The minimum atomic E-state index is -0.383. The largest absolute Gasteiger partial charge is 0.462 e. The van der Waals surface area contributed by atoms with Gasteiger partial charge in [-0.25, -0.2) is 9.78 Å². The number of carbonyl (C=O) groups is 2. The number of rotatable bonds is 5. The van der Waals surface area contributed by atoms with Gasteiger partial charge in [0.2, 0.25) is 0 Å². The second kappa shape index (κ2) is 9.19. The fraction of sp³-hybridized carbons (Fsp3) is 0.269. The van der Waals surface area contributed by atoms with Crippen molar-refractivity contribution in [2.45, 2.75) is 39.5 Å². The normalized spacial score (nSPS) is 13.0. The van der Waals surface area contributed by atoms with E-state index in [0.717, 1.165) is 52.8 Å². The summed E-state index contributed by atoms with van der Waals surface area (Å²) >= 11 is 2.73. The summed E-state index contributed by atoms with van der Waals surface area (Å²) in [5.74, 6) is -0.715. The van der Waals surface area contributed by atoms with Gasteiger partial charge in [0.25, 0.3) is 5.91 Å². The maximum atomic E-state index is 13.3. The third kappa shape index (κ3) is 4.08. The molecule has 4 aromatic rings. The van der Waals surface area contributed by atoms with E-state index in [1.165, 1.54) is 28.2 Å². The molecule has 6 nitrogen and oxygen atoms in total. The minimum Gasteiger partial charge on any atom is -0.462 e. The highest BCUT2D eigenvalue weighted by Gasteiger charge is 2.28. The maximum absolute atomic E-state index is 13.3. The van der Waals surface area contributed by atoms with Gasteiger partial charge in [0.15, 0.2) is 0 Å². The number of ether oxygens (including phenoxy) is 1. The SMILES string of the molecule is CCOC(=O)c1c(NC(=O)c2sc3nc(-c4ccc(C)cc4)ccc3c2N)sc2c1CCCC2. The van der Waals surface area contributed by atoms with E-state index in [-0.39, 0.29) is 18.5 Å². The van der Waals surface area contributed by atoms with E-state index in [1.807, 2.05) is 43.3 Å². The molecule has 1 aliphatic carbocycles. The Labute approximate surface area is 205 Å². The molecule has 3 N–H and O–H groups in total. The van der Waals surface area contributed by atoms with E-state index in [9.17, 15) is 9.59 Å². The number of nitrogens with one attached hydrogen (secondary N) is 1. The smallest absolute Gasteiger partial charge is 0.341 e. The lowest BCUT2D eigenvalue weighted by atomic mass is 9.95. The number of benzene rings is 1. The molecule has 1 aliphatic rings. The van der Waals surface area contributed by atoms with E-state index in [0.29, 0.717) is 26.0 Å². The van der Waals surface area contributed by atoms with Crippen molar-refractivity contribution in [2.24, 2.45) is 0 Å². The molecule has 0 unspecified atom stereocenters. The lowest BCUT2D eigenvalue weighted by molar-refractivity contribution is 0.0526. The number of fused-ring (bicyclic) bond motifs is 2. The Balaban J connectivity index is 1.48. The van der Waals surface area contributed by atoms with Crippen molar-refractivity contribution in [3.05, 3.63) is 62.8 Å². The summed E-state index contributed by atoms with van der Waals surface area (Å²) in [6, 6.07) is 12.0. The molecule has 0 bridgehead atoms. The Morgan fingerprint density at radius 3 is 2.62 bits per heavy atom. The summed E-state index contributed by atoms with van der Waals surface area (Å²) in [5, 5.41) is 4.25. The number of anilines is 2. The second-order valence-electron chi connectivity index (χ2n) is 8.35. The highest BCUT2D eigenvalue weighted by Crippen LogP contribution is 2.40. The van der Waals surface area contributed by atoms with Crippen LogP contribution in [0, 0.1) is 6.92 Å². The van der Waals surface area contributed by atoms with Gasteiger partial charge in [-0.15, -0.1) is 22.7 Å². The highest BCUT2D eigenvalue weighted by molar-refractivity contribution is 7.21. The zero-order valence-corrected chi connectivity index (χ0v) is 20.7. The lowest BCUT2D eigenvalue weighted by Gasteiger charge is -2.12. The quantitative estimate of drug-likeness (QED) is 0.323. The summed E-state index contributed by atoms with van der Waals surface area (Å²) in [7, 11) is 0. The summed E-state index contributed by atoms with van der Waals surface area (Å²) in [4.78, 5) is 33.0. The van der Waals surface area contributed by atoms with Gasteiger partial charge in [0, 0.05) is 15.8 Å². The van der Waals surface area contributed by atoms with Crippen LogP contribution in [0.1, 0.15) is 55.8 Å². The molecule has 0 spiro atoms. The van der Waals surface area contributed by atoms with Gasteiger partial charge in [0.1, 0.15) is 14.7 Å². The Morgan fingerprint density at radius 2 is 1.85 bits per heavy atom. The van der Waals surface area contributed by atoms with Crippen LogP contribution >= 0.6 is 22.7 Å². The van der Waals surface area contributed by atoms with Crippen molar-refractivity contribution < 1.29 is 14.3 Å². The summed E-state index contributed by atoms with van der Waals surface area (Å²) in [6.45, 7) is 4.11. The van der Waals surface area contributed by atoms with Gasteiger partial charge in [-0.3, -0.25) is 4.79 Å². The van der Waals surface area contributed by atoms with Crippen LogP contribution in [0.25, 0.3) is 21.5 Å². The molecule has 0 atom stereocenters. The number of nitrogens with two attached hydrogens (primary N) is 1. The van der Waals surface area contributed by atoms with Crippen molar-refractivity contribution in [2.75, 3.05) is 17.7 Å². The van der Waals surface area contributed by atoms with Crippen LogP contribution in [0.3, 0.4) is 0 Å². The average molecular weight is 492 g/mol. The highest BCUT2D eigenvalue weighted by atomic mass is 32.1. The zero-order valence-electron chi connectivity index (χ0n) is 19.1. The van der Waals surface area contributed by atoms with Crippen LogP contribution in [0.15, 0.2) is 36.4 Å². The summed E-state index contributed by atoms with van der Waals surface area (Å²) < 4.78 is 5.30. The van der Waals surface area contributed by atoms with Crippen LogP contribution in [-0.4, -0.2) is 23.5 Å². The summed E-state index contributed by atoms with van der Waals surface area (Å²) in [6.07, 6.45) is 3.86.